The molecule has 6 aromatic carbocycles. The number of Topliss-reactive ketones (excluding diaryl/α,β-unsaturated/α-hetero) is 3. The van der Waals surface area contributed by atoms with Crippen molar-refractivity contribution in [3.63, 3.8) is 0 Å². The van der Waals surface area contributed by atoms with Gasteiger partial charge in [-0.1, -0.05) is 36.4 Å². The largest absolute Gasteiger partial charge is 0.497 e. The Hall–Kier alpha value is -8.88. The first kappa shape index (κ1) is 102. The number of carbonyl (C=O) groups is 6. The molecule has 119 heavy (non-hydrogen) atoms. The Labute approximate surface area is 694 Å². The highest BCUT2D eigenvalue weighted by Gasteiger charge is 2.31. The smallest absolute Gasteiger partial charge is 0.446 e. The highest BCUT2D eigenvalue weighted by atomic mass is 32.2. The van der Waals surface area contributed by atoms with Crippen LogP contribution in [0.15, 0.2) is 124 Å². The summed E-state index contributed by atoms with van der Waals surface area (Å²) in [5, 5.41) is 3.36. The summed E-state index contributed by atoms with van der Waals surface area (Å²) in [7, 11) is 2.47. The molecule has 3 heterocycles. The number of hydrogen-bond acceptors (Lipinski definition) is 21. The summed E-state index contributed by atoms with van der Waals surface area (Å²) >= 11 is 0. The molecule has 9 rings (SSSR count). The number of ether oxygens (including phenoxy) is 3. The molecule has 3 fully saturated rings. The van der Waals surface area contributed by atoms with Crippen LogP contribution in [0.25, 0.3) is 0 Å². The third-order valence-corrected chi connectivity index (χ3v) is 26.0. The van der Waals surface area contributed by atoms with Crippen molar-refractivity contribution < 1.29 is 108 Å². The van der Waals surface area contributed by atoms with Crippen LogP contribution < -0.4 is 34.2 Å². The molecule has 0 aliphatic carbocycles. The molecule has 3 aliphatic heterocycles. The van der Waals surface area contributed by atoms with Gasteiger partial charge in [-0.25, -0.2) is 38.2 Å². The van der Waals surface area contributed by atoms with Gasteiger partial charge in [-0.05, 0) is 198 Å². The lowest BCUT2D eigenvalue weighted by Crippen LogP contribution is -2.44. The lowest BCUT2D eigenvalue weighted by Gasteiger charge is -2.34. The summed E-state index contributed by atoms with van der Waals surface area (Å²) in [4.78, 5) is 76.4. The van der Waals surface area contributed by atoms with E-state index in [2.05, 4.69) is 92.4 Å². The van der Waals surface area contributed by atoms with E-state index >= 15 is 0 Å². The Morgan fingerprint density at radius 2 is 0.597 bits per heavy atom. The molecule has 0 spiro atoms. The van der Waals surface area contributed by atoms with Gasteiger partial charge in [0.15, 0.2) is 0 Å². The lowest BCUT2D eigenvalue weighted by atomic mass is 10.0. The number of nitrogens with zero attached hydrogens (tertiary/aromatic N) is 8. The normalized spacial score (nSPS) is 14.3. The van der Waals surface area contributed by atoms with E-state index in [4.69, 9.17) is 28.6 Å². The molecule has 660 valence electrons. The van der Waals surface area contributed by atoms with Crippen LogP contribution in [0, 0.1) is 41.5 Å². The molecule has 6 aromatic rings. The van der Waals surface area contributed by atoms with Gasteiger partial charge < -0.3 is 44.0 Å². The predicted molar refractivity (Wildman–Crippen MR) is 441 cm³/mol. The van der Waals surface area contributed by atoms with Gasteiger partial charge >= 0.3 is 18.5 Å². The zero-order valence-electron chi connectivity index (χ0n) is 69.9. The topological polar surface area (TPSA) is 270 Å². The molecule has 0 atom stereocenters. The van der Waals surface area contributed by atoms with E-state index in [1.165, 1.54) is 51.1 Å². The van der Waals surface area contributed by atoms with Gasteiger partial charge in [-0.3, -0.25) is 28.8 Å². The fourth-order valence-corrected chi connectivity index (χ4v) is 17.7. The third kappa shape index (κ3) is 34.6. The summed E-state index contributed by atoms with van der Waals surface area (Å²) in [5.41, 5.74) is 10.8. The molecular formula is C83H112F9N9O15S3. The summed E-state index contributed by atoms with van der Waals surface area (Å²) in [6.45, 7) is 23.2. The summed E-state index contributed by atoms with van der Waals surface area (Å²) in [5.74, 6) is 2.08. The quantitative estimate of drug-likeness (QED) is 0.0324. The maximum atomic E-state index is 13.1. The number of benzene rings is 6. The van der Waals surface area contributed by atoms with Gasteiger partial charge in [0.25, 0.3) is 0 Å². The monoisotopic (exact) mass is 1740 g/mol. The fraction of sp³-hybridized carbons (Fsp3) is 0.494. The van der Waals surface area contributed by atoms with Crippen molar-refractivity contribution in [3.05, 3.63) is 159 Å². The third-order valence-electron chi connectivity index (χ3n) is 19.6. The van der Waals surface area contributed by atoms with Crippen molar-refractivity contribution in [2.24, 2.45) is 0 Å². The van der Waals surface area contributed by atoms with Crippen molar-refractivity contribution >= 4 is 83.3 Å². The van der Waals surface area contributed by atoms with Crippen molar-refractivity contribution in [3.8, 4) is 17.2 Å². The van der Waals surface area contributed by atoms with E-state index in [1.807, 2.05) is 24.3 Å². The number of ketones is 3. The summed E-state index contributed by atoms with van der Waals surface area (Å²) < 4.78 is 192. The van der Waals surface area contributed by atoms with Crippen molar-refractivity contribution in [2.45, 2.75) is 133 Å². The molecule has 0 radical (unpaired) electrons. The average Bonchev–Trinajstić information content (AvgIpc) is 0.792. The molecule has 0 unspecified atom stereocenters. The number of nitrogens with one attached hydrogen (secondary N) is 1. The van der Waals surface area contributed by atoms with Gasteiger partial charge in [-0.15, -0.1) is 0 Å². The Morgan fingerprint density at radius 3 is 0.807 bits per heavy atom. The van der Waals surface area contributed by atoms with E-state index in [1.54, 1.807) is 99.3 Å². The molecule has 3 aliphatic rings. The van der Waals surface area contributed by atoms with Crippen molar-refractivity contribution in [1.29, 1.82) is 0 Å². The Bertz CT molecular complexity index is 4380. The van der Waals surface area contributed by atoms with Crippen LogP contribution in [0.2, 0.25) is 0 Å². The summed E-state index contributed by atoms with van der Waals surface area (Å²) in [6.07, 6.45) is -13.3. The average molecular weight is 1740 g/mol. The fourth-order valence-electron chi connectivity index (χ4n) is 13.0. The van der Waals surface area contributed by atoms with E-state index in [0.717, 1.165) is 95.2 Å². The van der Waals surface area contributed by atoms with Gasteiger partial charge in [-0.2, -0.15) is 39.5 Å². The molecule has 1 N–H and O–H groups in total. The van der Waals surface area contributed by atoms with Crippen LogP contribution in [0.4, 0.5) is 56.6 Å². The van der Waals surface area contributed by atoms with Gasteiger partial charge in [0.1, 0.15) is 34.6 Å². The van der Waals surface area contributed by atoms with Crippen LogP contribution >= 0.6 is 0 Å². The van der Waals surface area contributed by atoms with E-state index in [0.29, 0.717) is 89.2 Å². The van der Waals surface area contributed by atoms with E-state index < -0.39 is 67.5 Å². The molecule has 0 bridgehead atoms. The number of aryl methyl sites for hydroxylation is 9. The first-order valence-corrected chi connectivity index (χ1v) is 42.5. The second-order valence-electron chi connectivity index (χ2n) is 28.9. The van der Waals surface area contributed by atoms with E-state index in [-0.39, 0.29) is 70.9 Å². The first-order chi connectivity index (χ1) is 55.6. The van der Waals surface area contributed by atoms with E-state index in [9.17, 15) is 79.2 Å². The minimum absolute atomic E-state index is 0.0628. The molecule has 0 amide bonds. The van der Waals surface area contributed by atoms with Crippen LogP contribution in [0.1, 0.15) is 88.6 Å². The van der Waals surface area contributed by atoms with Gasteiger partial charge in [0.05, 0.1) is 36.0 Å². The summed E-state index contributed by atoms with van der Waals surface area (Å²) in [6, 6.07) is 35.5. The molecular weight excluding hydrogens is 1630 g/mol. The number of halogens is 9. The Morgan fingerprint density at radius 1 is 0.378 bits per heavy atom. The zero-order valence-corrected chi connectivity index (χ0v) is 72.4. The second kappa shape index (κ2) is 47.9. The SMILES string of the molecule is COc1cc(C)c(S(=O)(=O)N(C)CCC(=O)CCc2cccc(N3CCN(C)CC3)c2)c(C)c1.COc1cc(C)c(S(=O)(=O)N(C)CCC(=O)CCc2cccc(N3CCN(C)CC3)c2)c(C)c1.COc1cc(C)c(S(=O)(=O)N(C)CCC(=O)CCc2cccc(N3CCNCC3)c2)c(C)c1.O=CC(F)(F)F.O=CC(F)(F)F.O=CC(F)(F)F. The number of sulfonamides is 3. The number of aldehydes is 3. The van der Waals surface area contributed by atoms with Gasteiger partial charge in [0.2, 0.25) is 48.9 Å². The number of hydrogen-bond donors (Lipinski definition) is 1. The highest BCUT2D eigenvalue weighted by molar-refractivity contribution is 7.89. The maximum Gasteiger partial charge on any atom is 0.446 e. The number of rotatable bonds is 30. The Kier molecular flexibility index (Phi) is 41.3. The van der Waals surface area contributed by atoms with Crippen molar-refractivity contribution in [1.82, 2.24) is 28.0 Å². The van der Waals surface area contributed by atoms with Crippen LogP contribution in [0.3, 0.4) is 0 Å². The number of methoxy groups -OCH3 is 3. The Balaban J connectivity index is 0.000000338. The molecule has 24 nitrogen and oxygen atoms in total. The highest BCUT2D eigenvalue weighted by Crippen LogP contribution is 2.32. The predicted octanol–water partition coefficient (Wildman–Crippen LogP) is 11.7. The molecule has 0 saturated carbocycles. The second-order valence-corrected chi connectivity index (χ2v) is 34.9. The molecule has 36 heteroatoms. The number of piperazine rings is 3. The van der Waals surface area contributed by atoms with Crippen LogP contribution in [0.5, 0.6) is 17.2 Å². The van der Waals surface area contributed by atoms with Crippen LogP contribution in [-0.2, 0) is 78.1 Å². The number of alkyl halides is 9. The van der Waals surface area contributed by atoms with Crippen molar-refractivity contribution in [2.75, 3.05) is 169 Å². The molecule has 3 saturated heterocycles. The van der Waals surface area contributed by atoms with Gasteiger partial charge in [0, 0.05) is 175 Å². The maximum absolute atomic E-state index is 13.1. The lowest BCUT2D eigenvalue weighted by molar-refractivity contribution is -0.156. The standard InChI is InChI=1S/2C26H37N3O4S.C25H35N3O4S.3C2HF3O/c2*1-20-17-25(33-5)18-21(2)26(20)34(31,32)28(4)12-11-24(30)10-9-22-7-6-8-23(19-22)29-15-13-27(3)14-16-29;1-19-16-24(32-4)17-20(2)25(19)33(30,31)27(3)13-10-23(29)9-8-21-6-5-7-22(18-21)28-14-11-26-12-15-28;3*3-2(4,5)1-6/h2*6-8,17-19H,9-16H2,1-5H3;5-7,16-18,26H,8-15H2,1-4H3;3*1H. The van der Waals surface area contributed by atoms with Crippen LogP contribution in [-0.4, -0.2) is 257 Å². The molecule has 0 aromatic heterocycles. The number of carbonyl (C=O) groups excluding carboxylic acids is 6. The first-order valence-electron chi connectivity index (χ1n) is 38.2. The number of anilines is 3. The minimum atomic E-state index is -4.64. The zero-order chi connectivity index (χ0) is 89.4. The number of likely N-dealkylation sites (N-methyl/N-ethyl adjacent to an activating group) is 2. The minimum Gasteiger partial charge on any atom is -0.497 e.